The van der Waals surface area contributed by atoms with Gasteiger partial charge in [-0.05, 0) is 30.7 Å². The van der Waals surface area contributed by atoms with Crippen molar-refractivity contribution < 1.29 is 4.74 Å². The summed E-state index contributed by atoms with van der Waals surface area (Å²) in [5.41, 5.74) is 2.72. The second kappa shape index (κ2) is 8.87. The number of benzene rings is 1. The van der Waals surface area contributed by atoms with Crippen LogP contribution in [0.3, 0.4) is 0 Å². The number of halogens is 1. The number of thioether (sulfide) groups is 1. The van der Waals surface area contributed by atoms with Gasteiger partial charge in [-0.2, -0.15) is 0 Å². The van der Waals surface area contributed by atoms with Crippen LogP contribution in [0, 0.1) is 5.92 Å². The summed E-state index contributed by atoms with van der Waals surface area (Å²) in [7, 11) is 0. The number of hydrogen-bond donors (Lipinski definition) is 1. The van der Waals surface area contributed by atoms with Crippen LogP contribution in [0.25, 0.3) is 16.9 Å². The molecule has 1 aromatic carbocycles. The second-order valence-corrected chi connectivity index (χ2v) is 7.71. The summed E-state index contributed by atoms with van der Waals surface area (Å²) in [6, 6.07) is 8.18. The summed E-state index contributed by atoms with van der Waals surface area (Å²) in [5, 5.41) is 4.82. The number of unbranched alkanes of at least 4 members (excludes halogenated alkanes) is 1. The normalized spacial score (nSPS) is 12.6. The fraction of sp³-hybridized carbons (Fsp3) is 0.450. The third-order valence-electron chi connectivity index (χ3n) is 4.70. The molecule has 2 aromatic heterocycles. The van der Waals surface area contributed by atoms with Gasteiger partial charge in [0.25, 0.3) is 0 Å². The minimum Gasteiger partial charge on any atom is -0.493 e. The zero-order chi connectivity index (χ0) is 18.5. The van der Waals surface area contributed by atoms with Gasteiger partial charge in [-0.3, -0.25) is 5.10 Å². The van der Waals surface area contributed by atoms with E-state index in [4.69, 9.17) is 21.3 Å². The van der Waals surface area contributed by atoms with Gasteiger partial charge in [0.2, 0.25) is 0 Å². The van der Waals surface area contributed by atoms with Crippen molar-refractivity contribution in [2.45, 2.75) is 44.6 Å². The molecule has 0 radical (unpaired) electrons. The molecule has 0 saturated carbocycles. The Morgan fingerprint density at radius 1 is 1.35 bits per heavy atom. The van der Waals surface area contributed by atoms with Crippen LogP contribution in [-0.2, 0) is 0 Å². The lowest BCUT2D eigenvalue weighted by atomic mass is 10.0. The summed E-state index contributed by atoms with van der Waals surface area (Å²) in [6.45, 7) is 5.24. The van der Waals surface area contributed by atoms with Crippen LogP contribution in [0.4, 0.5) is 0 Å². The van der Waals surface area contributed by atoms with Crippen molar-refractivity contribution in [3.8, 4) is 17.0 Å². The van der Waals surface area contributed by atoms with Crippen LogP contribution >= 0.6 is 23.4 Å². The molecular weight excluding hydrogens is 366 g/mol. The third kappa shape index (κ3) is 4.04. The molecule has 0 aliphatic heterocycles. The highest BCUT2D eigenvalue weighted by Crippen LogP contribution is 2.34. The smallest absolute Gasteiger partial charge is 0.173 e. The maximum Gasteiger partial charge on any atom is 0.173 e. The highest BCUT2D eigenvalue weighted by atomic mass is 35.5. The van der Waals surface area contributed by atoms with E-state index in [2.05, 4.69) is 31.1 Å². The Bertz CT molecular complexity index is 858. The molecule has 0 saturated heterocycles. The molecule has 1 unspecified atom stereocenters. The summed E-state index contributed by atoms with van der Waals surface area (Å²) in [6.07, 6.45) is 8.68. The molecule has 1 N–H and O–H groups in total. The predicted octanol–water partition coefficient (Wildman–Crippen LogP) is 6.30. The number of nitrogens with one attached hydrogen (secondary N) is 1. The van der Waals surface area contributed by atoms with E-state index in [1.807, 2.05) is 22.9 Å². The first kappa shape index (κ1) is 19.2. The number of H-pyrrole nitrogens is 1. The molecular formula is C20H26ClN3OS. The van der Waals surface area contributed by atoms with Gasteiger partial charge in [-0.25, -0.2) is 9.50 Å². The third-order valence-corrected chi connectivity index (χ3v) is 5.74. The molecule has 3 aromatic rings. The van der Waals surface area contributed by atoms with Crippen LogP contribution < -0.4 is 4.74 Å². The van der Waals surface area contributed by atoms with Crippen molar-refractivity contribution in [1.29, 1.82) is 0 Å². The Balaban J connectivity index is 1.81. The first-order valence-electron chi connectivity index (χ1n) is 9.20. The van der Waals surface area contributed by atoms with E-state index < -0.39 is 0 Å². The highest BCUT2D eigenvalue weighted by molar-refractivity contribution is 7.98. The van der Waals surface area contributed by atoms with Crippen LogP contribution in [0.1, 0.15) is 39.5 Å². The van der Waals surface area contributed by atoms with E-state index in [1.165, 1.54) is 19.3 Å². The molecule has 4 nitrogen and oxygen atoms in total. The van der Waals surface area contributed by atoms with Crippen LogP contribution in [0.5, 0.6) is 5.75 Å². The molecule has 2 heterocycles. The first-order valence-corrected chi connectivity index (χ1v) is 10.8. The van der Waals surface area contributed by atoms with Crippen molar-refractivity contribution in [3.05, 3.63) is 35.5 Å². The molecule has 0 amide bonds. The molecule has 0 aliphatic carbocycles. The molecule has 0 spiro atoms. The lowest BCUT2D eigenvalue weighted by Crippen LogP contribution is -2.11. The standard InChI is InChI=1S/C20H26ClN3OS/c1-4-6-8-14(5-2)13-25-16-10-7-9-15(11-16)18-20(26-3)24-19(23-18)17(21)12-22-24/h7,9-12,14,22H,4-6,8,13H2,1-3H3. The van der Waals surface area contributed by atoms with Gasteiger partial charge >= 0.3 is 0 Å². The van der Waals surface area contributed by atoms with Gasteiger partial charge in [0.1, 0.15) is 21.5 Å². The summed E-state index contributed by atoms with van der Waals surface area (Å²) in [4.78, 5) is 4.73. The number of hydrogen-bond acceptors (Lipinski definition) is 3. The monoisotopic (exact) mass is 391 g/mol. The fourth-order valence-electron chi connectivity index (χ4n) is 3.09. The Morgan fingerprint density at radius 2 is 2.19 bits per heavy atom. The summed E-state index contributed by atoms with van der Waals surface area (Å²) < 4.78 is 8.02. The van der Waals surface area contributed by atoms with Gasteiger partial charge in [0.15, 0.2) is 5.65 Å². The minimum atomic E-state index is 0.616. The first-order chi connectivity index (χ1) is 12.7. The van der Waals surface area contributed by atoms with Gasteiger partial charge < -0.3 is 4.74 Å². The second-order valence-electron chi connectivity index (χ2n) is 6.51. The maximum absolute atomic E-state index is 6.23. The number of imidazole rings is 1. The van der Waals surface area contributed by atoms with E-state index in [1.54, 1.807) is 18.0 Å². The molecule has 0 bridgehead atoms. The molecule has 140 valence electrons. The molecule has 6 heteroatoms. The lowest BCUT2D eigenvalue weighted by molar-refractivity contribution is 0.233. The molecule has 0 fully saturated rings. The Labute approximate surface area is 164 Å². The lowest BCUT2D eigenvalue weighted by Gasteiger charge is -2.16. The van der Waals surface area contributed by atoms with E-state index in [0.29, 0.717) is 10.9 Å². The largest absolute Gasteiger partial charge is 0.493 e. The minimum absolute atomic E-state index is 0.616. The number of aromatic nitrogens is 3. The number of rotatable bonds is 9. The zero-order valence-electron chi connectivity index (χ0n) is 15.6. The average molecular weight is 392 g/mol. The van der Waals surface area contributed by atoms with E-state index in [-0.39, 0.29) is 0 Å². The van der Waals surface area contributed by atoms with Crippen molar-refractivity contribution in [3.63, 3.8) is 0 Å². The predicted molar refractivity (Wildman–Crippen MR) is 111 cm³/mol. The Morgan fingerprint density at radius 3 is 2.92 bits per heavy atom. The highest BCUT2D eigenvalue weighted by Gasteiger charge is 2.17. The quantitative estimate of drug-likeness (QED) is 0.435. The fourth-order valence-corrected chi connectivity index (χ4v) is 3.95. The molecule has 0 aliphatic rings. The molecule has 26 heavy (non-hydrogen) atoms. The van der Waals surface area contributed by atoms with E-state index >= 15 is 0 Å². The van der Waals surface area contributed by atoms with Gasteiger partial charge in [0, 0.05) is 11.8 Å². The van der Waals surface area contributed by atoms with Crippen molar-refractivity contribution in [2.75, 3.05) is 12.9 Å². The average Bonchev–Trinajstić information content (AvgIpc) is 3.21. The summed E-state index contributed by atoms with van der Waals surface area (Å²) >= 11 is 7.87. The van der Waals surface area contributed by atoms with Crippen LogP contribution in [0.15, 0.2) is 35.5 Å². The van der Waals surface area contributed by atoms with Crippen molar-refractivity contribution in [1.82, 2.24) is 14.6 Å². The number of nitrogens with zero attached hydrogens (tertiary/aromatic N) is 2. The van der Waals surface area contributed by atoms with Gasteiger partial charge in [-0.1, -0.05) is 56.8 Å². The van der Waals surface area contributed by atoms with Crippen molar-refractivity contribution in [2.24, 2.45) is 5.92 Å². The van der Waals surface area contributed by atoms with Crippen LogP contribution in [-0.4, -0.2) is 27.5 Å². The zero-order valence-corrected chi connectivity index (χ0v) is 17.2. The Kier molecular flexibility index (Phi) is 6.54. The van der Waals surface area contributed by atoms with E-state index in [9.17, 15) is 0 Å². The van der Waals surface area contributed by atoms with Crippen LogP contribution in [0.2, 0.25) is 5.02 Å². The number of ether oxygens (including phenoxy) is 1. The van der Waals surface area contributed by atoms with Crippen molar-refractivity contribution >= 4 is 29.0 Å². The SMILES string of the molecule is CCCCC(CC)COc1cccc(-c2nc3c(Cl)c[nH]n3c2SC)c1. The molecule has 1 atom stereocenters. The topological polar surface area (TPSA) is 42.3 Å². The Hall–Kier alpha value is -1.59. The van der Waals surface area contributed by atoms with E-state index in [0.717, 1.165) is 40.7 Å². The van der Waals surface area contributed by atoms with Gasteiger partial charge in [0.05, 0.1) is 6.61 Å². The van der Waals surface area contributed by atoms with Gasteiger partial charge in [-0.15, -0.1) is 11.8 Å². The number of aromatic amines is 1. The summed E-state index contributed by atoms with van der Waals surface area (Å²) in [5.74, 6) is 1.51. The number of fused-ring (bicyclic) bond motifs is 1. The molecule has 3 rings (SSSR count). The maximum atomic E-state index is 6.23.